The minimum atomic E-state index is -0.664. The Hall–Kier alpha value is -2.73. The van der Waals surface area contributed by atoms with Crippen molar-refractivity contribution in [2.24, 2.45) is 5.92 Å². The predicted molar refractivity (Wildman–Crippen MR) is 121 cm³/mol. The highest BCUT2D eigenvalue weighted by Gasteiger charge is 2.48. The number of nitriles is 1. The van der Waals surface area contributed by atoms with Crippen molar-refractivity contribution in [3.8, 4) is 17.2 Å². The summed E-state index contributed by atoms with van der Waals surface area (Å²) in [5.41, 5.74) is 1.95. The van der Waals surface area contributed by atoms with Crippen LogP contribution in [0, 0.1) is 22.7 Å². The van der Waals surface area contributed by atoms with E-state index < -0.39 is 5.54 Å². The Kier molecular flexibility index (Phi) is 6.10. The van der Waals surface area contributed by atoms with Crippen LogP contribution >= 0.6 is 11.3 Å². The molecule has 0 saturated carbocycles. The largest absolute Gasteiger partial charge is 0.379 e. The van der Waals surface area contributed by atoms with E-state index in [1.807, 2.05) is 25.1 Å². The zero-order chi connectivity index (χ0) is 22.0. The Morgan fingerprint density at radius 3 is 2.84 bits per heavy atom. The molecule has 2 aliphatic rings. The average molecular weight is 438 g/mol. The normalized spacial score (nSPS) is 24.7. The van der Waals surface area contributed by atoms with Crippen LogP contribution in [0.4, 0.5) is 0 Å². The van der Waals surface area contributed by atoms with Gasteiger partial charge in [-0.15, -0.1) is 11.3 Å². The number of ether oxygens (including phenoxy) is 1. The number of nitrogens with one attached hydrogen (secondary N) is 2. The van der Waals surface area contributed by atoms with Crippen molar-refractivity contribution in [2.75, 3.05) is 39.9 Å². The highest BCUT2D eigenvalue weighted by atomic mass is 32.1. The van der Waals surface area contributed by atoms with Gasteiger partial charge in [0, 0.05) is 25.0 Å². The van der Waals surface area contributed by atoms with Crippen molar-refractivity contribution < 1.29 is 9.53 Å². The highest BCUT2D eigenvalue weighted by Crippen LogP contribution is 2.41. The third-order valence-electron chi connectivity index (χ3n) is 6.31. The fraction of sp³-hybridized carbons (Fsp3) is 0.435. The maximum atomic E-state index is 13.2. The monoisotopic (exact) mass is 437 g/mol. The third-order valence-corrected chi connectivity index (χ3v) is 7.48. The van der Waals surface area contributed by atoms with Crippen molar-refractivity contribution in [3.63, 3.8) is 0 Å². The van der Waals surface area contributed by atoms with Crippen LogP contribution in [0.25, 0.3) is 11.1 Å². The molecule has 0 bridgehead atoms. The average Bonchev–Trinajstić information content (AvgIpc) is 3.29. The van der Waals surface area contributed by atoms with Gasteiger partial charge in [-0.1, -0.05) is 12.1 Å². The van der Waals surface area contributed by atoms with Crippen LogP contribution in [-0.2, 0) is 15.1 Å². The second-order valence-electron chi connectivity index (χ2n) is 8.26. The van der Waals surface area contributed by atoms with Crippen LogP contribution in [0.1, 0.15) is 23.8 Å². The van der Waals surface area contributed by atoms with Crippen LogP contribution < -0.4 is 5.32 Å². The quantitative estimate of drug-likeness (QED) is 0.750. The number of hydrogen-bond acceptors (Lipinski definition) is 6. The molecule has 1 aromatic heterocycles. The zero-order valence-electron chi connectivity index (χ0n) is 17.9. The van der Waals surface area contributed by atoms with Crippen LogP contribution in [0.2, 0.25) is 0 Å². The molecule has 2 aromatic rings. The molecule has 3 heterocycles. The van der Waals surface area contributed by atoms with Gasteiger partial charge in [0.2, 0.25) is 5.91 Å². The number of thiophene rings is 1. The van der Waals surface area contributed by atoms with E-state index in [1.54, 1.807) is 24.5 Å². The molecular formula is C23H27N5O2S. The second-order valence-corrected chi connectivity index (χ2v) is 9.17. The maximum Gasteiger partial charge on any atom is 0.234 e. The molecule has 8 heteroatoms. The molecule has 0 radical (unpaired) electrons. The van der Waals surface area contributed by atoms with Crippen molar-refractivity contribution in [2.45, 2.75) is 18.9 Å². The first kappa shape index (κ1) is 21.5. The molecule has 0 aliphatic carbocycles. The summed E-state index contributed by atoms with van der Waals surface area (Å²) in [5.74, 6) is -0.191. The Balaban J connectivity index is 1.62. The number of carbonyl (C=O) groups is 1. The molecule has 2 atom stereocenters. The van der Waals surface area contributed by atoms with E-state index in [0.29, 0.717) is 12.0 Å². The molecule has 2 aliphatic heterocycles. The molecule has 0 spiro atoms. The number of benzene rings is 1. The topological polar surface area (TPSA) is 92.5 Å². The summed E-state index contributed by atoms with van der Waals surface area (Å²) in [6, 6.07) is 11.8. The molecule has 1 amide bonds. The molecule has 0 unspecified atom stereocenters. The predicted octanol–water partition coefficient (Wildman–Crippen LogP) is 2.84. The number of amides is 1. The van der Waals surface area contributed by atoms with E-state index >= 15 is 0 Å². The van der Waals surface area contributed by atoms with Gasteiger partial charge in [0.05, 0.1) is 36.3 Å². The van der Waals surface area contributed by atoms with Gasteiger partial charge in [-0.25, -0.2) is 0 Å². The van der Waals surface area contributed by atoms with E-state index in [0.717, 1.165) is 48.9 Å². The Morgan fingerprint density at radius 2 is 2.10 bits per heavy atom. The highest BCUT2D eigenvalue weighted by molar-refractivity contribution is 7.10. The zero-order valence-corrected chi connectivity index (χ0v) is 18.7. The minimum Gasteiger partial charge on any atom is -0.379 e. The van der Waals surface area contributed by atoms with Gasteiger partial charge < -0.3 is 10.1 Å². The number of guanidine groups is 1. The molecule has 2 fully saturated rings. The van der Waals surface area contributed by atoms with Gasteiger partial charge in [0.15, 0.2) is 5.96 Å². The molecule has 31 heavy (non-hydrogen) atoms. The van der Waals surface area contributed by atoms with Gasteiger partial charge in [0.25, 0.3) is 0 Å². The fourth-order valence-electron chi connectivity index (χ4n) is 4.32. The molecule has 4 rings (SSSR count). The summed E-state index contributed by atoms with van der Waals surface area (Å²) in [5, 5.41) is 22.9. The molecular weight excluding hydrogens is 410 g/mol. The van der Waals surface area contributed by atoms with E-state index in [-0.39, 0.29) is 17.8 Å². The van der Waals surface area contributed by atoms with E-state index in [9.17, 15) is 10.1 Å². The van der Waals surface area contributed by atoms with Crippen LogP contribution in [-0.4, -0.2) is 61.6 Å². The van der Waals surface area contributed by atoms with Gasteiger partial charge in [-0.2, -0.15) is 5.26 Å². The number of morpholine rings is 1. The lowest BCUT2D eigenvalue weighted by atomic mass is 9.79. The number of hydrogen-bond donors (Lipinski definition) is 2. The van der Waals surface area contributed by atoms with Gasteiger partial charge in [-0.05, 0) is 54.6 Å². The fourth-order valence-corrected chi connectivity index (χ4v) is 5.41. The number of nitrogens with zero attached hydrogens (tertiary/aromatic N) is 3. The standard InChI is InChI=1S/C23H27N5O2S/c1-23(20-13-18(15-31-20)17-5-3-4-16(12-17)14-24)19(21(29)27(2)22(25)26-23)6-7-28-8-10-30-11-9-28/h3-5,12-13,15,19H,6-11H2,1-2H3,(H2,25,26)/t19-,23-/m0/s1. The van der Waals surface area contributed by atoms with Crippen molar-refractivity contribution in [1.82, 2.24) is 15.1 Å². The van der Waals surface area contributed by atoms with Gasteiger partial charge in [0.1, 0.15) is 0 Å². The first-order valence-electron chi connectivity index (χ1n) is 10.5. The van der Waals surface area contributed by atoms with Crippen molar-refractivity contribution in [1.29, 1.82) is 10.7 Å². The first-order chi connectivity index (χ1) is 14.9. The lowest BCUT2D eigenvalue weighted by molar-refractivity contribution is -0.136. The summed E-state index contributed by atoms with van der Waals surface area (Å²) in [7, 11) is 1.66. The molecule has 2 saturated heterocycles. The Morgan fingerprint density at radius 1 is 1.32 bits per heavy atom. The van der Waals surface area contributed by atoms with E-state index in [4.69, 9.17) is 10.1 Å². The summed E-state index contributed by atoms with van der Waals surface area (Å²) < 4.78 is 5.44. The van der Waals surface area contributed by atoms with Crippen molar-refractivity contribution >= 4 is 23.2 Å². The smallest absolute Gasteiger partial charge is 0.234 e. The lowest BCUT2D eigenvalue weighted by Crippen LogP contribution is -2.64. The summed E-state index contributed by atoms with van der Waals surface area (Å²) in [4.78, 5) is 18.0. The minimum absolute atomic E-state index is 0.0269. The summed E-state index contributed by atoms with van der Waals surface area (Å²) in [6.45, 7) is 6.08. The Labute approximate surface area is 186 Å². The lowest BCUT2D eigenvalue weighted by Gasteiger charge is -2.45. The van der Waals surface area contributed by atoms with Gasteiger partial charge >= 0.3 is 0 Å². The van der Waals surface area contributed by atoms with Crippen molar-refractivity contribution in [3.05, 3.63) is 46.2 Å². The Bertz CT molecular complexity index is 1020. The van der Waals surface area contributed by atoms with Crippen LogP contribution in [0.3, 0.4) is 0 Å². The van der Waals surface area contributed by atoms with E-state index in [2.05, 4.69) is 27.7 Å². The molecule has 2 N–H and O–H groups in total. The van der Waals surface area contributed by atoms with Crippen LogP contribution in [0.15, 0.2) is 35.7 Å². The van der Waals surface area contributed by atoms with Crippen LogP contribution in [0.5, 0.6) is 0 Å². The maximum absolute atomic E-state index is 13.2. The summed E-state index contributed by atoms with van der Waals surface area (Å²) >= 11 is 1.59. The molecule has 7 nitrogen and oxygen atoms in total. The second kappa shape index (κ2) is 8.79. The van der Waals surface area contributed by atoms with E-state index in [1.165, 1.54) is 4.90 Å². The number of rotatable bonds is 5. The third kappa shape index (κ3) is 4.22. The summed E-state index contributed by atoms with van der Waals surface area (Å²) in [6.07, 6.45) is 0.705. The molecule has 1 aromatic carbocycles. The molecule has 162 valence electrons. The SMILES string of the molecule is CN1C(=N)N[C@](C)(c2cc(-c3cccc(C#N)c3)cs2)[C@@H](CCN2CCOCC2)C1=O. The first-order valence-corrected chi connectivity index (χ1v) is 11.3. The van der Waals surface area contributed by atoms with Gasteiger partial charge in [-0.3, -0.25) is 20.0 Å². The number of carbonyl (C=O) groups excluding carboxylic acids is 1.